The van der Waals surface area contributed by atoms with E-state index in [0.717, 1.165) is 12.0 Å². The number of anilines is 2. The predicted molar refractivity (Wildman–Crippen MR) is 129 cm³/mol. The Kier molecular flexibility index (Phi) is 8.24. The van der Waals surface area contributed by atoms with Gasteiger partial charge in [-0.05, 0) is 51.2 Å². The quantitative estimate of drug-likeness (QED) is 0.570. The molecule has 0 aliphatic carbocycles. The zero-order valence-corrected chi connectivity index (χ0v) is 20.0. The third-order valence-electron chi connectivity index (χ3n) is 5.18. The van der Waals surface area contributed by atoms with Crippen LogP contribution in [0.2, 0.25) is 5.02 Å². The van der Waals surface area contributed by atoms with E-state index in [1.807, 2.05) is 25.9 Å². The van der Waals surface area contributed by atoms with Crippen LogP contribution in [0.25, 0.3) is 0 Å². The van der Waals surface area contributed by atoms with Crippen molar-refractivity contribution in [1.82, 2.24) is 19.8 Å². The number of carbonyl (C=O) groups excluding carboxylic acids is 2. The number of aryl methyl sites for hydroxylation is 1. The average Bonchev–Trinajstić information content (AvgIpc) is 3.24. The number of likely N-dealkylation sites (N-methyl/N-ethyl adjacent to an activating group) is 1. The second-order valence-corrected chi connectivity index (χ2v) is 8.52. The number of nitrogens with one attached hydrogen (secondary N) is 2. The lowest BCUT2D eigenvalue weighted by Crippen LogP contribution is -2.32. The Bertz CT molecular complexity index is 1040. The number of halogens is 1. The van der Waals surface area contributed by atoms with Gasteiger partial charge in [-0.2, -0.15) is 4.98 Å². The number of nitrogens with zero attached hydrogens (tertiary/aromatic N) is 4. The van der Waals surface area contributed by atoms with Crippen LogP contribution >= 0.6 is 11.6 Å². The third kappa shape index (κ3) is 6.66. The van der Waals surface area contributed by atoms with Gasteiger partial charge in [0.25, 0.3) is 5.91 Å². The van der Waals surface area contributed by atoms with E-state index < -0.39 is 0 Å². The predicted octanol–water partition coefficient (Wildman–Crippen LogP) is 2.83. The highest BCUT2D eigenvalue weighted by atomic mass is 35.5. The number of ether oxygens (including phenoxy) is 1. The molecular weight excluding hydrogens is 444 g/mol. The van der Waals surface area contributed by atoms with E-state index in [2.05, 4.69) is 20.6 Å². The summed E-state index contributed by atoms with van der Waals surface area (Å²) in [4.78, 5) is 37.3. The Morgan fingerprint density at radius 1 is 1.36 bits per heavy atom. The Labute approximate surface area is 198 Å². The lowest BCUT2D eigenvalue weighted by molar-refractivity contribution is -0.111. The van der Waals surface area contributed by atoms with Gasteiger partial charge in [-0.1, -0.05) is 17.7 Å². The number of benzene rings is 1. The van der Waals surface area contributed by atoms with Crippen molar-refractivity contribution in [3.05, 3.63) is 52.7 Å². The first kappa shape index (κ1) is 24.5. The molecule has 176 valence electrons. The maximum absolute atomic E-state index is 13.0. The van der Waals surface area contributed by atoms with E-state index in [0.29, 0.717) is 47.7 Å². The van der Waals surface area contributed by atoms with E-state index in [4.69, 9.17) is 16.3 Å². The molecule has 2 amide bonds. The van der Waals surface area contributed by atoms with E-state index in [1.54, 1.807) is 29.2 Å². The van der Waals surface area contributed by atoms with E-state index in [-0.39, 0.29) is 17.9 Å². The summed E-state index contributed by atoms with van der Waals surface area (Å²) >= 11 is 5.97. The van der Waals surface area contributed by atoms with Gasteiger partial charge in [0.1, 0.15) is 5.02 Å². The number of hydrogen-bond donors (Lipinski definition) is 2. The number of hydrogen-bond acceptors (Lipinski definition) is 7. The molecule has 0 spiro atoms. The monoisotopic (exact) mass is 472 g/mol. The second kappa shape index (κ2) is 11.1. The standard InChI is InChI=1S/C23H29ClN6O3/c1-15-12-16(7-8-19(15)27-20(31)6-5-10-29(2)3)22(32)30-11-9-17(14-30)26-23-25-13-18(24)21(28-23)33-4/h5-8,12-13,17H,9-11,14H2,1-4H3,(H,27,31)(H,25,26,28)/b6-5+/t17-/m0/s1. The highest BCUT2D eigenvalue weighted by Gasteiger charge is 2.28. The second-order valence-electron chi connectivity index (χ2n) is 8.12. The molecule has 0 unspecified atom stereocenters. The molecular formula is C23H29ClN6O3. The van der Waals surface area contributed by atoms with Crippen molar-refractivity contribution in [2.45, 2.75) is 19.4 Å². The molecule has 9 nitrogen and oxygen atoms in total. The summed E-state index contributed by atoms with van der Waals surface area (Å²) in [5.74, 6) is 0.455. The summed E-state index contributed by atoms with van der Waals surface area (Å²) in [6, 6.07) is 5.32. The maximum Gasteiger partial charge on any atom is 0.253 e. The van der Waals surface area contributed by atoms with Crippen LogP contribution in [0.5, 0.6) is 5.88 Å². The Morgan fingerprint density at radius 2 is 2.15 bits per heavy atom. The molecule has 1 aromatic carbocycles. The number of methoxy groups -OCH3 is 1. The van der Waals surface area contributed by atoms with Gasteiger partial charge in [0.15, 0.2) is 0 Å². The van der Waals surface area contributed by atoms with Crippen LogP contribution < -0.4 is 15.4 Å². The molecule has 1 fully saturated rings. The van der Waals surface area contributed by atoms with Crippen LogP contribution in [0.3, 0.4) is 0 Å². The van der Waals surface area contributed by atoms with Crippen molar-refractivity contribution in [1.29, 1.82) is 0 Å². The summed E-state index contributed by atoms with van der Waals surface area (Å²) in [5, 5.41) is 6.43. The molecule has 1 aliphatic rings. The Hall–Kier alpha value is -3.17. The lowest BCUT2D eigenvalue weighted by Gasteiger charge is -2.18. The van der Waals surface area contributed by atoms with Crippen molar-refractivity contribution in [3.8, 4) is 5.88 Å². The van der Waals surface area contributed by atoms with Gasteiger partial charge in [0.05, 0.1) is 13.3 Å². The smallest absolute Gasteiger partial charge is 0.253 e. The number of rotatable bonds is 8. The third-order valence-corrected chi connectivity index (χ3v) is 5.44. The number of amides is 2. The largest absolute Gasteiger partial charge is 0.480 e. The summed E-state index contributed by atoms with van der Waals surface area (Å²) in [6.07, 6.45) is 5.56. The zero-order valence-electron chi connectivity index (χ0n) is 19.3. The fourth-order valence-electron chi connectivity index (χ4n) is 3.47. The number of carbonyl (C=O) groups is 2. The molecule has 1 saturated heterocycles. The van der Waals surface area contributed by atoms with Crippen LogP contribution in [0.4, 0.5) is 11.6 Å². The molecule has 2 aromatic rings. The normalized spacial score (nSPS) is 15.8. The molecule has 2 heterocycles. The van der Waals surface area contributed by atoms with Gasteiger partial charge in [0.2, 0.25) is 17.7 Å². The molecule has 1 aromatic heterocycles. The van der Waals surface area contributed by atoms with E-state index in [9.17, 15) is 9.59 Å². The molecule has 2 N–H and O–H groups in total. The van der Waals surface area contributed by atoms with Crippen molar-refractivity contribution < 1.29 is 14.3 Å². The maximum atomic E-state index is 13.0. The van der Waals surface area contributed by atoms with Crippen LogP contribution in [0.1, 0.15) is 22.3 Å². The molecule has 10 heteroatoms. The highest BCUT2D eigenvalue weighted by molar-refractivity contribution is 6.31. The number of likely N-dealkylation sites (tertiary alicyclic amines) is 1. The Morgan fingerprint density at radius 3 is 2.85 bits per heavy atom. The molecule has 33 heavy (non-hydrogen) atoms. The van der Waals surface area contributed by atoms with Gasteiger partial charge in [0, 0.05) is 43.0 Å². The first-order valence-electron chi connectivity index (χ1n) is 10.6. The van der Waals surface area contributed by atoms with Gasteiger partial charge >= 0.3 is 0 Å². The molecule has 0 bridgehead atoms. The van der Waals surface area contributed by atoms with Crippen molar-refractivity contribution in [2.75, 3.05) is 51.5 Å². The van der Waals surface area contributed by atoms with Crippen molar-refractivity contribution in [3.63, 3.8) is 0 Å². The van der Waals surface area contributed by atoms with Gasteiger partial charge in [-0.3, -0.25) is 9.59 Å². The fraction of sp³-hybridized carbons (Fsp3) is 0.391. The minimum atomic E-state index is -0.200. The Balaban J connectivity index is 1.58. The van der Waals surface area contributed by atoms with Gasteiger partial charge in [-0.25, -0.2) is 4.98 Å². The lowest BCUT2D eigenvalue weighted by atomic mass is 10.1. The van der Waals surface area contributed by atoms with Gasteiger partial charge < -0.3 is 25.2 Å². The van der Waals surface area contributed by atoms with Crippen molar-refractivity contribution in [2.24, 2.45) is 0 Å². The first-order valence-corrected chi connectivity index (χ1v) is 11.0. The van der Waals surface area contributed by atoms with Gasteiger partial charge in [-0.15, -0.1) is 0 Å². The average molecular weight is 473 g/mol. The van der Waals surface area contributed by atoms with Crippen LogP contribution in [-0.2, 0) is 4.79 Å². The number of aromatic nitrogens is 2. The highest BCUT2D eigenvalue weighted by Crippen LogP contribution is 2.23. The molecule has 3 rings (SSSR count). The van der Waals surface area contributed by atoms with Crippen LogP contribution in [0.15, 0.2) is 36.5 Å². The minimum Gasteiger partial charge on any atom is -0.480 e. The SMILES string of the molecule is COc1nc(N[C@H]2CCN(C(=O)c3ccc(NC(=O)/C=C/CN(C)C)c(C)c3)C2)ncc1Cl. The minimum absolute atomic E-state index is 0.0217. The molecule has 0 radical (unpaired) electrons. The summed E-state index contributed by atoms with van der Waals surface area (Å²) < 4.78 is 5.12. The summed E-state index contributed by atoms with van der Waals surface area (Å²) in [6.45, 7) is 3.70. The van der Waals surface area contributed by atoms with E-state index >= 15 is 0 Å². The van der Waals surface area contributed by atoms with Crippen LogP contribution in [0, 0.1) is 6.92 Å². The van der Waals surface area contributed by atoms with E-state index in [1.165, 1.54) is 19.4 Å². The topological polar surface area (TPSA) is 99.7 Å². The summed E-state index contributed by atoms with van der Waals surface area (Å²) in [5.41, 5.74) is 2.09. The molecule has 1 aliphatic heterocycles. The van der Waals surface area contributed by atoms with Crippen LogP contribution in [-0.4, -0.2) is 78.5 Å². The summed E-state index contributed by atoms with van der Waals surface area (Å²) in [7, 11) is 5.36. The first-order chi connectivity index (χ1) is 15.8. The van der Waals surface area contributed by atoms with Crippen molar-refractivity contribution >= 4 is 35.1 Å². The fourth-order valence-corrected chi connectivity index (χ4v) is 3.64. The molecule has 0 saturated carbocycles. The zero-order chi connectivity index (χ0) is 24.0. The molecule has 1 atom stereocenters.